The van der Waals surface area contributed by atoms with E-state index < -0.39 is 37.9 Å². The van der Waals surface area contributed by atoms with E-state index in [0.29, 0.717) is 5.56 Å². The molecule has 2 atom stereocenters. The monoisotopic (exact) mass is 486 g/mol. The number of sulfonamides is 1. The Morgan fingerprint density at radius 1 is 1.14 bits per heavy atom. The number of fused-ring (bicyclic) bond motifs is 1. The van der Waals surface area contributed by atoms with Crippen LogP contribution in [-0.4, -0.2) is 34.5 Å². The summed E-state index contributed by atoms with van der Waals surface area (Å²) in [6.07, 6.45) is 0.233. The lowest BCUT2D eigenvalue weighted by molar-refractivity contribution is -0.123. The highest BCUT2D eigenvalue weighted by Gasteiger charge is 2.32. The summed E-state index contributed by atoms with van der Waals surface area (Å²) in [5.41, 5.74) is 0.519. The minimum absolute atomic E-state index is 0.0458. The molecule has 7 nitrogen and oxygen atoms in total. The van der Waals surface area contributed by atoms with E-state index in [2.05, 4.69) is 26.0 Å². The quantitative estimate of drug-likeness (QED) is 0.672. The Kier molecular flexibility index (Phi) is 5.95. The Balaban J connectivity index is 1.74. The number of rotatable bonds is 5. The van der Waals surface area contributed by atoms with Crippen molar-refractivity contribution in [2.45, 2.75) is 35.2 Å². The van der Waals surface area contributed by atoms with Crippen molar-refractivity contribution in [3.05, 3.63) is 58.6 Å². The van der Waals surface area contributed by atoms with Crippen LogP contribution in [0.25, 0.3) is 0 Å². The summed E-state index contributed by atoms with van der Waals surface area (Å²) in [5, 5.41) is 2.76. The Labute approximate surface area is 172 Å². The zero-order valence-electron chi connectivity index (χ0n) is 14.9. The Morgan fingerprint density at radius 2 is 1.79 bits per heavy atom. The molecule has 0 aromatic heterocycles. The molecule has 1 heterocycles. The number of halogens is 1. The van der Waals surface area contributed by atoms with Crippen molar-refractivity contribution in [3.8, 4) is 0 Å². The van der Waals surface area contributed by atoms with Crippen molar-refractivity contribution in [2.75, 3.05) is 5.75 Å². The van der Waals surface area contributed by atoms with Crippen molar-refractivity contribution >= 4 is 41.7 Å². The molecule has 1 aliphatic rings. The molecule has 10 heteroatoms. The second kappa shape index (κ2) is 7.94. The molecule has 0 unspecified atom stereocenters. The molecular weight excluding hydrogens is 468 g/mol. The average Bonchev–Trinajstić information content (AvgIpc) is 2.64. The lowest BCUT2D eigenvalue weighted by Gasteiger charge is -2.27. The van der Waals surface area contributed by atoms with Crippen molar-refractivity contribution in [1.29, 1.82) is 0 Å². The van der Waals surface area contributed by atoms with E-state index in [1.165, 1.54) is 25.1 Å². The van der Waals surface area contributed by atoms with Crippen molar-refractivity contribution in [1.82, 2.24) is 10.0 Å². The number of nitrogens with one attached hydrogen (secondary N) is 2. The fraction of sp³-hybridized carbons (Fsp3) is 0.278. The highest BCUT2D eigenvalue weighted by Crippen LogP contribution is 2.31. The predicted molar refractivity (Wildman–Crippen MR) is 108 cm³/mol. The van der Waals surface area contributed by atoms with E-state index in [4.69, 9.17) is 0 Å². The van der Waals surface area contributed by atoms with Gasteiger partial charge in [-0.2, -0.15) is 4.72 Å². The Bertz CT molecular complexity index is 1100. The van der Waals surface area contributed by atoms with Gasteiger partial charge in [-0.25, -0.2) is 16.8 Å². The first-order chi connectivity index (χ1) is 13.1. The second-order valence-corrected chi connectivity index (χ2v) is 11.2. The van der Waals surface area contributed by atoms with Crippen LogP contribution in [0.15, 0.2) is 62.8 Å². The molecule has 0 saturated carbocycles. The molecule has 1 aliphatic heterocycles. The van der Waals surface area contributed by atoms with Crippen molar-refractivity contribution < 1.29 is 21.6 Å². The normalized spacial score (nSPS) is 19.4. The predicted octanol–water partition coefficient (Wildman–Crippen LogP) is 2.15. The Hall–Kier alpha value is -1.75. The van der Waals surface area contributed by atoms with Gasteiger partial charge in [0.05, 0.1) is 27.6 Å². The first-order valence-electron chi connectivity index (χ1n) is 8.50. The summed E-state index contributed by atoms with van der Waals surface area (Å²) in [5.74, 6) is -0.603. The third kappa shape index (κ3) is 4.45. The van der Waals surface area contributed by atoms with Crippen LogP contribution in [0.4, 0.5) is 0 Å². The number of hydrogen-bond donors (Lipinski definition) is 2. The van der Waals surface area contributed by atoms with Gasteiger partial charge in [0.2, 0.25) is 15.9 Å². The molecule has 0 bridgehead atoms. The molecule has 0 radical (unpaired) electrons. The minimum atomic E-state index is -3.87. The summed E-state index contributed by atoms with van der Waals surface area (Å²) in [6, 6.07) is 11.0. The van der Waals surface area contributed by atoms with Crippen LogP contribution in [0.5, 0.6) is 0 Å². The number of sulfone groups is 1. The third-order valence-corrected chi connectivity index (χ3v) is 8.37. The molecule has 2 aromatic rings. The van der Waals surface area contributed by atoms with Gasteiger partial charge in [-0.15, -0.1) is 0 Å². The van der Waals surface area contributed by atoms with Gasteiger partial charge >= 0.3 is 0 Å². The molecule has 28 heavy (non-hydrogen) atoms. The first kappa shape index (κ1) is 21.0. The zero-order chi connectivity index (χ0) is 20.5. The number of benzene rings is 2. The van der Waals surface area contributed by atoms with Crippen LogP contribution in [0.2, 0.25) is 0 Å². The SMILES string of the molecule is C[C@@H](NS(=O)(=O)c1ccc(Br)cc1)C(=O)N[C@@H]1CCS(=O)(=O)c2ccccc21. The highest BCUT2D eigenvalue weighted by atomic mass is 79.9. The van der Waals surface area contributed by atoms with Crippen LogP contribution < -0.4 is 10.0 Å². The van der Waals surface area contributed by atoms with E-state index in [0.717, 1.165) is 4.47 Å². The minimum Gasteiger partial charge on any atom is -0.348 e. The summed E-state index contributed by atoms with van der Waals surface area (Å²) in [7, 11) is -7.23. The van der Waals surface area contributed by atoms with E-state index in [1.807, 2.05) is 0 Å². The van der Waals surface area contributed by atoms with Gasteiger partial charge < -0.3 is 5.32 Å². The second-order valence-electron chi connectivity index (χ2n) is 6.50. The van der Waals surface area contributed by atoms with Gasteiger partial charge in [-0.1, -0.05) is 34.1 Å². The van der Waals surface area contributed by atoms with E-state index in [9.17, 15) is 21.6 Å². The maximum absolute atomic E-state index is 12.6. The van der Waals surface area contributed by atoms with Gasteiger partial charge in [0.25, 0.3) is 0 Å². The standard InChI is InChI=1S/C18H19BrN2O5S2/c1-12(21-28(25,26)14-8-6-13(19)7-9-14)18(22)20-16-10-11-27(23,24)17-5-3-2-4-15(16)17/h2-9,12,16,21H,10-11H2,1H3,(H,20,22)/t12-,16-/m1/s1. The van der Waals surface area contributed by atoms with E-state index in [1.54, 1.807) is 30.3 Å². The molecule has 2 N–H and O–H groups in total. The molecule has 0 saturated heterocycles. The number of hydrogen-bond acceptors (Lipinski definition) is 5. The molecule has 2 aromatic carbocycles. The van der Waals surface area contributed by atoms with Gasteiger partial charge in [-0.05, 0) is 49.2 Å². The van der Waals surface area contributed by atoms with Crippen LogP contribution >= 0.6 is 15.9 Å². The van der Waals surface area contributed by atoms with Crippen LogP contribution in [0.3, 0.4) is 0 Å². The van der Waals surface area contributed by atoms with Crippen LogP contribution in [-0.2, 0) is 24.7 Å². The topological polar surface area (TPSA) is 109 Å². The zero-order valence-corrected chi connectivity index (χ0v) is 18.1. The highest BCUT2D eigenvalue weighted by molar-refractivity contribution is 9.10. The number of carbonyl (C=O) groups excluding carboxylic acids is 1. The molecule has 150 valence electrons. The number of amides is 1. The maximum Gasteiger partial charge on any atom is 0.241 e. The van der Waals surface area contributed by atoms with Crippen LogP contribution in [0, 0.1) is 0 Å². The van der Waals surface area contributed by atoms with Gasteiger partial charge in [0.15, 0.2) is 9.84 Å². The van der Waals surface area contributed by atoms with Gasteiger partial charge in [0, 0.05) is 4.47 Å². The van der Waals surface area contributed by atoms with E-state index in [-0.39, 0.29) is 22.0 Å². The van der Waals surface area contributed by atoms with Gasteiger partial charge in [-0.3, -0.25) is 4.79 Å². The summed E-state index contributed by atoms with van der Waals surface area (Å²) in [6.45, 7) is 1.44. The van der Waals surface area contributed by atoms with Crippen LogP contribution in [0.1, 0.15) is 24.9 Å². The molecule has 3 rings (SSSR count). The lowest BCUT2D eigenvalue weighted by Crippen LogP contribution is -2.46. The summed E-state index contributed by atoms with van der Waals surface area (Å²) in [4.78, 5) is 12.8. The molecule has 0 spiro atoms. The summed E-state index contributed by atoms with van der Waals surface area (Å²) >= 11 is 3.24. The lowest BCUT2D eigenvalue weighted by atomic mass is 10.0. The third-order valence-electron chi connectivity index (χ3n) is 4.47. The first-order valence-corrected chi connectivity index (χ1v) is 12.4. The molecule has 1 amide bonds. The molecule has 0 fully saturated rings. The average molecular weight is 487 g/mol. The molecule has 0 aliphatic carbocycles. The summed E-state index contributed by atoms with van der Waals surface area (Å²) < 4.78 is 52.4. The Morgan fingerprint density at radius 3 is 2.46 bits per heavy atom. The van der Waals surface area contributed by atoms with E-state index >= 15 is 0 Å². The van der Waals surface area contributed by atoms with Crippen molar-refractivity contribution in [2.24, 2.45) is 0 Å². The maximum atomic E-state index is 12.6. The largest absolute Gasteiger partial charge is 0.348 e. The molecular formula is C18H19BrN2O5S2. The smallest absolute Gasteiger partial charge is 0.241 e. The van der Waals surface area contributed by atoms with Gasteiger partial charge in [0.1, 0.15) is 0 Å². The van der Waals surface area contributed by atoms with Crippen molar-refractivity contribution in [3.63, 3.8) is 0 Å². The number of carbonyl (C=O) groups is 1. The fourth-order valence-electron chi connectivity index (χ4n) is 3.00. The fourth-order valence-corrected chi connectivity index (χ4v) is 6.09.